The Morgan fingerprint density at radius 3 is 2.58 bits per heavy atom. The number of rotatable bonds is 4. The maximum Gasteiger partial charge on any atom is 0.182 e. The zero-order valence-corrected chi connectivity index (χ0v) is 11.0. The summed E-state index contributed by atoms with van der Waals surface area (Å²) >= 11 is 0. The van der Waals surface area contributed by atoms with Gasteiger partial charge in [0.1, 0.15) is 0 Å². The van der Waals surface area contributed by atoms with Gasteiger partial charge in [-0.2, -0.15) is 0 Å². The average molecular weight is 258 g/mol. The lowest BCUT2D eigenvalue weighted by Gasteiger charge is -2.11. The van der Waals surface area contributed by atoms with Gasteiger partial charge in [0.15, 0.2) is 5.82 Å². The van der Waals surface area contributed by atoms with Crippen LogP contribution >= 0.6 is 0 Å². The quantitative estimate of drug-likeness (QED) is 0.811. The van der Waals surface area contributed by atoms with Crippen molar-refractivity contribution >= 4 is 11.4 Å². The molecular formula is C13H18N6. The lowest BCUT2D eigenvalue weighted by atomic mass is 10.1. The number of hydrogen-bond acceptors (Lipinski definition) is 5. The van der Waals surface area contributed by atoms with Gasteiger partial charge < -0.3 is 11.5 Å². The van der Waals surface area contributed by atoms with Gasteiger partial charge in [-0.3, -0.25) is 0 Å². The van der Waals surface area contributed by atoms with Gasteiger partial charge in [-0.1, -0.05) is 6.92 Å². The van der Waals surface area contributed by atoms with Gasteiger partial charge in [0.05, 0.1) is 0 Å². The van der Waals surface area contributed by atoms with Crippen LogP contribution in [-0.2, 0) is 6.54 Å². The largest absolute Gasteiger partial charge is 0.399 e. The molecule has 1 saturated carbocycles. The molecule has 3 rings (SSSR count). The SMILES string of the molecule is CC(Cn1nnnc1-c1cc(N)cc(N)c1)C1CC1. The Hall–Kier alpha value is -2.11. The van der Waals surface area contributed by atoms with Crippen molar-refractivity contribution in [3.63, 3.8) is 0 Å². The molecule has 0 aliphatic heterocycles. The Labute approximate surface area is 111 Å². The molecule has 0 amide bonds. The Balaban J connectivity index is 1.89. The van der Waals surface area contributed by atoms with Crippen LogP contribution in [0.2, 0.25) is 0 Å². The molecule has 0 radical (unpaired) electrons. The van der Waals surface area contributed by atoms with E-state index >= 15 is 0 Å². The van der Waals surface area contributed by atoms with Gasteiger partial charge in [-0.15, -0.1) is 5.10 Å². The molecule has 1 unspecified atom stereocenters. The van der Waals surface area contributed by atoms with Gasteiger partial charge in [0, 0.05) is 23.5 Å². The molecule has 1 heterocycles. The minimum Gasteiger partial charge on any atom is -0.399 e. The van der Waals surface area contributed by atoms with Crippen molar-refractivity contribution < 1.29 is 0 Å². The van der Waals surface area contributed by atoms with Crippen molar-refractivity contribution in [1.29, 1.82) is 0 Å². The van der Waals surface area contributed by atoms with Crippen molar-refractivity contribution in [2.75, 3.05) is 11.5 Å². The predicted octanol–water partition coefficient (Wildman–Crippen LogP) is 1.55. The maximum atomic E-state index is 5.82. The van der Waals surface area contributed by atoms with Gasteiger partial charge >= 0.3 is 0 Å². The summed E-state index contributed by atoms with van der Waals surface area (Å²) < 4.78 is 1.84. The molecule has 0 bridgehead atoms. The smallest absolute Gasteiger partial charge is 0.182 e. The first-order valence-corrected chi connectivity index (χ1v) is 6.56. The van der Waals surface area contributed by atoms with Gasteiger partial charge in [-0.25, -0.2) is 4.68 Å². The number of nitrogen functional groups attached to an aromatic ring is 2. The zero-order valence-electron chi connectivity index (χ0n) is 11.0. The first-order valence-electron chi connectivity index (χ1n) is 6.56. The lowest BCUT2D eigenvalue weighted by molar-refractivity contribution is 0.402. The van der Waals surface area contributed by atoms with E-state index in [2.05, 4.69) is 22.4 Å². The lowest BCUT2D eigenvalue weighted by Crippen LogP contribution is -2.12. The second kappa shape index (κ2) is 4.53. The third-order valence-electron chi connectivity index (χ3n) is 3.66. The summed E-state index contributed by atoms with van der Waals surface area (Å²) in [6.45, 7) is 3.08. The molecule has 2 aromatic rings. The molecule has 100 valence electrons. The third kappa shape index (κ3) is 2.52. The van der Waals surface area contributed by atoms with E-state index in [1.807, 2.05) is 16.8 Å². The monoisotopic (exact) mass is 258 g/mol. The molecule has 0 spiro atoms. The molecule has 1 fully saturated rings. The van der Waals surface area contributed by atoms with Crippen LogP contribution in [-0.4, -0.2) is 20.2 Å². The molecular weight excluding hydrogens is 240 g/mol. The van der Waals surface area contributed by atoms with E-state index in [0.717, 1.165) is 23.9 Å². The first kappa shape index (κ1) is 12.0. The highest BCUT2D eigenvalue weighted by molar-refractivity contribution is 5.67. The summed E-state index contributed by atoms with van der Waals surface area (Å²) in [4.78, 5) is 0. The topological polar surface area (TPSA) is 95.6 Å². The van der Waals surface area contributed by atoms with E-state index in [4.69, 9.17) is 11.5 Å². The van der Waals surface area contributed by atoms with Crippen molar-refractivity contribution in [2.45, 2.75) is 26.3 Å². The maximum absolute atomic E-state index is 5.82. The highest BCUT2D eigenvalue weighted by atomic mass is 15.5. The van der Waals surface area contributed by atoms with Gasteiger partial charge in [0.25, 0.3) is 0 Å². The minimum absolute atomic E-state index is 0.598. The van der Waals surface area contributed by atoms with Crippen LogP contribution in [0.5, 0.6) is 0 Å². The predicted molar refractivity (Wildman–Crippen MR) is 74.0 cm³/mol. The highest BCUT2D eigenvalue weighted by Crippen LogP contribution is 2.37. The summed E-state index contributed by atoms with van der Waals surface area (Å²) in [5, 5.41) is 11.9. The summed E-state index contributed by atoms with van der Waals surface area (Å²) in [7, 11) is 0. The van der Waals surface area contributed by atoms with Crippen LogP contribution < -0.4 is 11.5 Å². The fourth-order valence-electron chi connectivity index (χ4n) is 2.43. The molecule has 1 atom stereocenters. The van der Waals surface area contributed by atoms with Crippen molar-refractivity contribution in [3.8, 4) is 11.4 Å². The van der Waals surface area contributed by atoms with Crippen LogP contribution in [0.25, 0.3) is 11.4 Å². The van der Waals surface area contributed by atoms with Crippen LogP contribution in [0.1, 0.15) is 19.8 Å². The molecule has 19 heavy (non-hydrogen) atoms. The van der Waals surface area contributed by atoms with Crippen LogP contribution in [0.3, 0.4) is 0 Å². The van der Waals surface area contributed by atoms with E-state index in [9.17, 15) is 0 Å². The Morgan fingerprint density at radius 1 is 1.26 bits per heavy atom. The summed E-state index contributed by atoms with van der Waals surface area (Å²) in [5.41, 5.74) is 13.8. The molecule has 6 nitrogen and oxygen atoms in total. The molecule has 0 saturated heterocycles. The Bertz CT molecular complexity index is 566. The minimum atomic E-state index is 0.598. The highest BCUT2D eigenvalue weighted by Gasteiger charge is 2.29. The first-order chi connectivity index (χ1) is 9.13. The molecule has 1 aromatic carbocycles. The van der Waals surface area contributed by atoms with E-state index < -0.39 is 0 Å². The second-order valence-electron chi connectivity index (χ2n) is 5.39. The number of nitrogens with two attached hydrogens (primary N) is 2. The average Bonchev–Trinajstić information content (AvgIpc) is 3.09. The Kier molecular flexibility index (Phi) is 2.85. The van der Waals surface area contributed by atoms with E-state index in [1.165, 1.54) is 12.8 Å². The van der Waals surface area contributed by atoms with E-state index in [-0.39, 0.29) is 0 Å². The summed E-state index contributed by atoms with van der Waals surface area (Å²) in [6.07, 6.45) is 2.65. The standard InChI is InChI=1S/C13H18N6/c1-8(9-2-3-9)7-19-13(16-17-18-19)10-4-11(14)6-12(15)5-10/h4-6,8-9H,2-3,7,14-15H2,1H3. The van der Waals surface area contributed by atoms with Crippen LogP contribution in [0.15, 0.2) is 18.2 Å². The third-order valence-corrected chi connectivity index (χ3v) is 3.66. The van der Waals surface area contributed by atoms with Crippen molar-refractivity contribution in [2.24, 2.45) is 11.8 Å². The summed E-state index contributed by atoms with van der Waals surface area (Å²) in [6, 6.07) is 5.42. The van der Waals surface area contributed by atoms with Gasteiger partial charge in [-0.05, 0) is 53.3 Å². The molecule has 1 aliphatic carbocycles. The summed E-state index contributed by atoms with van der Waals surface area (Å²) in [5.74, 6) is 2.15. The number of tetrazole rings is 1. The van der Waals surface area contributed by atoms with E-state index in [0.29, 0.717) is 17.3 Å². The molecule has 1 aromatic heterocycles. The fraction of sp³-hybridized carbons (Fsp3) is 0.462. The zero-order chi connectivity index (χ0) is 13.4. The van der Waals surface area contributed by atoms with Crippen LogP contribution in [0.4, 0.5) is 11.4 Å². The Morgan fingerprint density at radius 2 is 1.95 bits per heavy atom. The normalized spacial score (nSPS) is 16.5. The number of nitrogens with zero attached hydrogens (tertiary/aromatic N) is 4. The number of anilines is 2. The van der Waals surface area contributed by atoms with E-state index in [1.54, 1.807) is 6.07 Å². The molecule has 1 aliphatic rings. The van der Waals surface area contributed by atoms with Gasteiger partial charge in [0.2, 0.25) is 0 Å². The number of hydrogen-bond donors (Lipinski definition) is 2. The fourth-order valence-corrected chi connectivity index (χ4v) is 2.43. The molecule has 4 N–H and O–H groups in total. The van der Waals surface area contributed by atoms with Crippen LogP contribution in [0, 0.1) is 11.8 Å². The molecule has 6 heteroatoms. The number of aromatic nitrogens is 4. The van der Waals surface area contributed by atoms with Crippen molar-refractivity contribution in [3.05, 3.63) is 18.2 Å². The number of benzene rings is 1. The second-order valence-corrected chi connectivity index (χ2v) is 5.39. The van der Waals surface area contributed by atoms with Crippen molar-refractivity contribution in [1.82, 2.24) is 20.2 Å².